The molecule has 1 fully saturated rings. The molecule has 1 aromatic carbocycles. The molecule has 0 radical (unpaired) electrons. The SMILES string of the molecule is Cc1ccc(C2(C(=O)NN)CCC2)cc1C. The van der Waals surface area contributed by atoms with Crippen LogP contribution in [0.25, 0.3) is 0 Å². The summed E-state index contributed by atoms with van der Waals surface area (Å²) in [5, 5.41) is 0. The van der Waals surface area contributed by atoms with E-state index in [-0.39, 0.29) is 11.3 Å². The Hall–Kier alpha value is -1.35. The molecule has 0 bridgehead atoms. The quantitative estimate of drug-likeness (QED) is 0.451. The van der Waals surface area contributed by atoms with E-state index in [4.69, 9.17) is 5.84 Å². The van der Waals surface area contributed by atoms with Crippen molar-refractivity contribution in [3.8, 4) is 0 Å². The molecule has 1 aliphatic carbocycles. The Balaban J connectivity index is 2.41. The fourth-order valence-corrected chi connectivity index (χ4v) is 2.35. The summed E-state index contributed by atoms with van der Waals surface area (Å²) >= 11 is 0. The second kappa shape index (κ2) is 3.91. The highest BCUT2D eigenvalue weighted by atomic mass is 16.2. The lowest BCUT2D eigenvalue weighted by Gasteiger charge is -2.40. The van der Waals surface area contributed by atoms with Crippen molar-refractivity contribution in [2.45, 2.75) is 38.5 Å². The smallest absolute Gasteiger partial charge is 0.244 e. The third kappa shape index (κ3) is 1.52. The van der Waals surface area contributed by atoms with E-state index >= 15 is 0 Å². The van der Waals surface area contributed by atoms with Crippen molar-refractivity contribution in [2.75, 3.05) is 0 Å². The van der Waals surface area contributed by atoms with E-state index in [1.54, 1.807) is 0 Å². The molecule has 0 aromatic heterocycles. The minimum Gasteiger partial charge on any atom is -0.293 e. The predicted molar refractivity (Wildman–Crippen MR) is 63.8 cm³/mol. The largest absolute Gasteiger partial charge is 0.293 e. The van der Waals surface area contributed by atoms with Crippen molar-refractivity contribution in [3.63, 3.8) is 0 Å². The first-order valence-corrected chi connectivity index (χ1v) is 5.69. The van der Waals surface area contributed by atoms with Crippen molar-refractivity contribution in [1.29, 1.82) is 0 Å². The van der Waals surface area contributed by atoms with Gasteiger partial charge in [-0.2, -0.15) is 0 Å². The Labute approximate surface area is 96.0 Å². The van der Waals surface area contributed by atoms with Crippen LogP contribution in [0.3, 0.4) is 0 Å². The fourth-order valence-electron chi connectivity index (χ4n) is 2.35. The molecule has 16 heavy (non-hydrogen) atoms. The molecule has 1 aromatic rings. The molecule has 0 aliphatic heterocycles. The van der Waals surface area contributed by atoms with Gasteiger partial charge in [0.25, 0.3) is 0 Å². The second-order valence-corrected chi connectivity index (χ2v) is 4.71. The highest BCUT2D eigenvalue weighted by Crippen LogP contribution is 2.44. The molecule has 3 nitrogen and oxygen atoms in total. The summed E-state index contributed by atoms with van der Waals surface area (Å²) in [6.07, 6.45) is 2.90. The van der Waals surface area contributed by atoms with Gasteiger partial charge in [-0.25, -0.2) is 5.84 Å². The fraction of sp³-hybridized carbons (Fsp3) is 0.462. The van der Waals surface area contributed by atoms with Gasteiger partial charge in [0, 0.05) is 0 Å². The number of benzene rings is 1. The molecule has 0 saturated heterocycles. The number of rotatable bonds is 2. The molecule has 0 heterocycles. The molecule has 86 valence electrons. The number of nitrogens with two attached hydrogens (primary N) is 1. The summed E-state index contributed by atoms with van der Waals surface area (Å²) in [6.45, 7) is 4.15. The van der Waals surface area contributed by atoms with Gasteiger partial charge >= 0.3 is 0 Å². The zero-order chi connectivity index (χ0) is 11.8. The van der Waals surface area contributed by atoms with Gasteiger partial charge in [-0.05, 0) is 43.4 Å². The van der Waals surface area contributed by atoms with Crippen LogP contribution in [-0.2, 0) is 10.2 Å². The lowest BCUT2D eigenvalue weighted by molar-refractivity contribution is -0.130. The minimum absolute atomic E-state index is 0.0537. The zero-order valence-corrected chi connectivity index (χ0v) is 9.84. The van der Waals surface area contributed by atoms with Crippen LogP contribution in [-0.4, -0.2) is 5.91 Å². The van der Waals surface area contributed by atoms with E-state index in [9.17, 15) is 4.79 Å². The molecular formula is C13H18N2O. The second-order valence-electron chi connectivity index (χ2n) is 4.71. The number of carbonyl (C=O) groups excluding carboxylic acids is 1. The Morgan fingerprint density at radius 2 is 2.00 bits per heavy atom. The number of nitrogens with one attached hydrogen (secondary N) is 1. The summed E-state index contributed by atoms with van der Waals surface area (Å²) in [5.41, 5.74) is 5.52. The normalized spacial score (nSPS) is 17.7. The van der Waals surface area contributed by atoms with E-state index in [0.717, 1.165) is 24.8 Å². The average Bonchev–Trinajstić information content (AvgIpc) is 2.21. The van der Waals surface area contributed by atoms with Gasteiger partial charge in [-0.15, -0.1) is 0 Å². The van der Waals surface area contributed by atoms with Crippen LogP contribution in [0.4, 0.5) is 0 Å². The Morgan fingerprint density at radius 3 is 2.44 bits per heavy atom. The minimum atomic E-state index is -0.368. The van der Waals surface area contributed by atoms with Crippen molar-refractivity contribution in [2.24, 2.45) is 5.84 Å². The third-order valence-electron chi connectivity index (χ3n) is 3.83. The maximum absolute atomic E-state index is 11.9. The summed E-state index contributed by atoms with van der Waals surface area (Å²) in [4.78, 5) is 11.9. The van der Waals surface area contributed by atoms with Gasteiger partial charge < -0.3 is 0 Å². The number of hydrazine groups is 1. The summed E-state index contributed by atoms with van der Waals surface area (Å²) < 4.78 is 0. The molecule has 3 heteroatoms. The highest BCUT2D eigenvalue weighted by Gasteiger charge is 2.45. The zero-order valence-electron chi connectivity index (χ0n) is 9.84. The molecule has 1 saturated carbocycles. The monoisotopic (exact) mass is 218 g/mol. The summed E-state index contributed by atoms with van der Waals surface area (Å²) in [6, 6.07) is 6.25. The van der Waals surface area contributed by atoms with Gasteiger partial charge in [-0.1, -0.05) is 24.6 Å². The highest BCUT2D eigenvalue weighted by molar-refractivity contribution is 5.88. The molecule has 3 N–H and O–H groups in total. The maximum Gasteiger partial charge on any atom is 0.244 e. The maximum atomic E-state index is 11.9. The van der Waals surface area contributed by atoms with Crippen LogP contribution < -0.4 is 11.3 Å². The first-order chi connectivity index (χ1) is 7.60. The van der Waals surface area contributed by atoms with Gasteiger partial charge in [0.2, 0.25) is 5.91 Å². The summed E-state index contributed by atoms with van der Waals surface area (Å²) in [7, 11) is 0. The molecule has 0 atom stereocenters. The molecule has 0 spiro atoms. The Bertz CT molecular complexity index is 422. The van der Waals surface area contributed by atoms with E-state index in [0.29, 0.717) is 0 Å². The van der Waals surface area contributed by atoms with E-state index in [1.807, 2.05) is 0 Å². The predicted octanol–water partition coefficient (Wildman–Crippen LogP) is 1.72. The van der Waals surface area contributed by atoms with Crippen molar-refractivity contribution >= 4 is 5.91 Å². The van der Waals surface area contributed by atoms with E-state index < -0.39 is 0 Å². The van der Waals surface area contributed by atoms with Crippen LogP contribution in [0.5, 0.6) is 0 Å². The standard InChI is InChI=1S/C13H18N2O/c1-9-4-5-11(8-10(9)2)13(6-3-7-13)12(16)15-14/h4-5,8H,3,6-7,14H2,1-2H3,(H,15,16). The first-order valence-electron chi connectivity index (χ1n) is 5.69. The number of hydrogen-bond donors (Lipinski definition) is 2. The number of carbonyl (C=O) groups is 1. The van der Waals surface area contributed by atoms with Crippen LogP contribution in [0, 0.1) is 13.8 Å². The van der Waals surface area contributed by atoms with Crippen LogP contribution >= 0.6 is 0 Å². The molecule has 0 unspecified atom stereocenters. The topological polar surface area (TPSA) is 55.1 Å². The van der Waals surface area contributed by atoms with Crippen LogP contribution in [0.2, 0.25) is 0 Å². The van der Waals surface area contributed by atoms with Gasteiger partial charge in [0.15, 0.2) is 0 Å². The molecule has 2 rings (SSSR count). The summed E-state index contributed by atoms with van der Waals surface area (Å²) in [5.74, 6) is 5.22. The number of amides is 1. The van der Waals surface area contributed by atoms with Gasteiger partial charge in [0.05, 0.1) is 5.41 Å². The molecule has 1 amide bonds. The lowest BCUT2D eigenvalue weighted by Crippen LogP contribution is -2.51. The van der Waals surface area contributed by atoms with Crippen molar-refractivity contribution in [1.82, 2.24) is 5.43 Å². The first kappa shape index (κ1) is 11.1. The van der Waals surface area contributed by atoms with Gasteiger partial charge in [0.1, 0.15) is 0 Å². The Morgan fingerprint density at radius 1 is 1.31 bits per heavy atom. The molecule has 1 aliphatic rings. The van der Waals surface area contributed by atoms with Gasteiger partial charge in [-0.3, -0.25) is 10.2 Å². The molecular weight excluding hydrogens is 200 g/mol. The third-order valence-corrected chi connectivity index (χ3v) is 3.83. The van der Waals surface area contributed by atoms with Crippen molar-refractivity contribution in [3.05, 3.63) is 34.9 Å². The van der Waals surface area contributed by atoms with E-state index in [2.05, 4.69) is 37.5 Å². The van der Waals surface area contributed by atoms with Crippen LogP contribution in [0.15, 0.2) is 18.2 Å². The lowest BCUT2D eigenvalue weighted by atomic mass is 9.63. The van der Waals surface area contributed by atoms with Crippen molar-refractivity contribution < 1.29 is 4.79 Å². The Kier molecular flexibility index (Phi) is 2.72. The number of aryl methyl sites for hydroxylation is 2. The van der Waals surface area contributed by atoms with E-state index in [1.165, 1.54) is 11.1 Å². The number of hydrogen-bond acceptors (Lipinski definition) is 2. The average molecular weight is 218 g/mol. The van der Waals surface area contributed by atoms with Crippen LogP contribution in [0.1, 0.15) is 36.0 Å².